The van der Waals surface area contributed by atoms with Crippen LogP contribution in [0.15, 0.2) is 36.8 Å². The highest BCUT2D eigenvalue weighted by atomic mass is 19.1. The summed E-state index contributed by atoms with van der Waals surface area (Å²) in [6.07, 6.45) is 11.4. The van der Waals surface area contributed by atoms with Gasteiger partial charge in [-0.3, -0.25) is 4.79 Å². The highest BCUT2D eigenvalue weighted by Crippen LogP contribution is 2.32. The van der Waals surface area contributed by atoms with E-state index in [1.165, 1.54) is 50.6 Å². The van der Waals surface area contributed by atoms with Crippen molar-refractivity contribution in [3.8, 4) is 0 Å². The highest BCUT2D eigenvalue weighted by molar-refractivity contribution is 5.86. The van der Waals surface area contributed by atoms with Gasteiger partial charge in [-0.1, -0.05) is 38.3 Å². The summed E-state index contributed by atoms with van der Waals surface area (Å²) in [5, 5.41) is 11.6. The summed E-state index contributed by atoms with van der Waals surface area (Å²) in [6.45, 7) is 3.83. The van der Waals surface area contributed by atoms with E-state index in [0.29, 0.717) is 25.5 Å². The number of halogens is 1. The van der Waals surface area contributed by atoms with E-state index in [1.54, 1.807) is 23.0 Å². The van der Waals surface area contributed by atoms with Crippen LogP contribution in [-0.4, -0.2) is 32.2 Å². The van der Waals surface area contributed by atoms with Gasteiger partial charge in [0.15, 0.2) is 5.65 Å². The molecule has 1 fully saturated rings. The fraction of sp³-hybridized carbons (Fsp3) is 0.520. The molecule has 1 aromatic carbocycles. The Morgan fingerprint density at radius 2 is 1.94 bits per heavy atom. The molecule has 8 heteroatoms. The monoisotopic (exact) mass is 452 g/mol. The van der Waals surface area contributed by atoms with Gasteiger partial charge in [0.2, 0.25) is 5.91 Å². The minimum atomic E-state index is -0.254. The number of nitrogens with zero attached hydrogens (tertiary/aromatic N) is 4. The number of nitrogens with one attached hydrogen (secondary N) is 2. The average Bonchev–Trinajstić information content (AvgIpc) is 3.26. The topological polar surface area (TPSA) is 84.7 Å². The summed E-state index contributed by atoms with van der Waals surface area (Å²) in [6, 6.07) is 6.36. The molecule has 0 saturated heterocycles. The Bertz CT molecular complexity index is 1040. The Labute approximate surface area is 194 Å². The van der Waals surface area contributed by atoms with Gasteiger partial charge in [-0.15, -0.1) is 0 Å². The van der Waals surface area contributed by atoms with Crippen molar-refractivity contribution in [3.63, 3.8) is 0 Å². The van der Waals surface area contributed by atoms with Crippen LogP contribution in [0.1, 0.15) is 57.4 Å². The number of aromatic nitrogens is 4. The molecule has 1 aliphatic rings. The van der Waals surface area contributed by atoms with Gasteiger partial charge >= 0.3 is 0 Å². The van der Waals surface area contributed by atoms with Gasteiger partial charge in [-0.05, 0) is 49.3 Å². The molecule has 0 unspecified atom stereocenters. The van der Waals surface area contributed by atoms with Gasteiger partial charge in [-0.25, -0.2) is 19.0 Å². The van der Waals surface area contributed by atoms with Crippen LogP contribution in [0.3, 0.4) is 0 Å². The van der Waals surface area contributed by atoms with Crippen molar-refractivity contribution < 1.29 is 9.18 Å². The Hall–Kier alpha value is -3.03. The lowest BCUT2D eigenvalue weighted by molar-refractivity contribution is -0.126. The average molecular weight is 453 g/mol. The number of rotatable bonds is 10. The van der Waals surface area contributed by atoms with Gasteiger partial charge in [0.25, 0.3) is 0 Å². The molecule has 3 aromatic rings. The van der Waals surface area contributed by atoms with Crippen molar-refractivity contribution >= 4 is 22.8 Å². The van der Waals surface area contributed by atoms with Crippen LogP contribution in [0.5, 0.6) is 0 Å². The van der Waals surface area contributed by atoms with Crippen LogP contribution < -0.4 is 10.6 Å². The lowest BCUT2D eigenvalue weighted by Crippen LogP contribution is -2.35. The molecule has 2 N–H and O–H groups in total. The predicted octanol–water partition coefficient (Wildman–Crippen LogP) is 4.69. The molecular formula is C25H33FN6O. The van der Waals surface area contributed by atoms with E-state index in [4.69, 9.17) is 0 Å². The maximum atomic E-state index is 13.1. The van der Waals surface area contributed by atoms with Crippen molar-refractivity contribution in [2.24, 2.45) is 11.8 Å². The Kier molecular flexibility index (Phi) is 7.86. The van der Waals surface area contributed by atoms with E-state index in [1.807, 2.05) is 0 Å². The number of hydrogen-bond donors (Lipinski definition) is 2. The zero-order valence-corrected chi connectivity index (χ0v) is 19.3. The molecule has 2 aromatic heterocycles. The summed E-state index contributed by atoms with van der Waals surface area (Å²) >= 11 is 0. The van der Waals surface area contributed by atoms with Crippen LogP contribution in [0.25, 0.3) is 11.0 Å². The SMILES string of the molecule is CCCCC1CCC(C(=O)NCCn2ncc3c(NCc4ccc(F)cc4)ncnc32)CC1. The maximum absolute atomic E-state index is 13.1. The molecule has 0 aliphatic heterocycles. The summed E-state index contributed by atoms with van der Waals surface area (Å²) in [5.74, 6) is 1.53. The summed E-state index contributed by atoms with van der Waals surface area (Å²) in [4.78, 5) is 21.3. The third-order valence-corrected chi connectivity index (χ3v) is 6.61. The van der Waals surface area contributed by atoms with Crippen molar-refractivity contribution in [3.05, 3.63) is 48.2 Å². The molecule has 1 saturated carbocycles. The fourth-order valence-corrected chi connectivity index (χ4v) is 4.62. The number of unbranched alkanes of at least 4 members (excludes halogenated alkanes) is 1. The van der Waals surface area contributed by atoms with E-state index in [-0.39, 0.29) is 17.6 Å². The standard InChI is InChI=1S/C25H33FN6O/c1-2-3-4-18-5-9-20(10-6-18)25(33)27-13-14-32-24-22(16-31-32)23(29-17-30-24)28-15-19-7-11-21(26)12-8-19/h7-8,11-12,16-18,20H,2-6,9-10,13-15H2,1H3,(H,27,33)(H,28,29,30). The molecular weight excluding hydrogens is 419 g/mol. The molecule has 7 nitrogen and oxygen atoms in total. The van der Waals surface area contributed by atoms with E-state index >= 15 is 0 Å². The zero-order valence-electron chi connectivity index (χ0n) is 19.3. The molecule has 0 bridgehead atoms. The molecule has 0 atom stereocenters. The largest absolute Gasteiger partial charge is 0.365 e. The molecule has 0 radical (unpaired) electrons. The van der Waals surface area contributed by atoms with Crippen molar-refractivity contribution in [2.45, 2.75) is 65.0 Å². The van der Waals surface area contributed by atoms with Crippen LogP contribution in [0, 0.1) is 17.7 Å². The molecule has 1 amide bonds. The van der Waals surface area contributed by atoms with Crippen molar-refractivity contribution in [1.29, 1.82) is 0 Å². The third-order valence-electron chi connectivity index (χ3n) is 6.61. The van der Waals surface area contributed by atoms with E-state index < -0.39 is 0 Å². The molecule has 2 heterocycles. The maximum Gasteiger partial charge on any atom is 0.223 e. The van der Waals surface area contributed by atoms with Gasteiger partial charge in [0, 0.05) is 19.0 Å². The number of fused-ring (bicyclic) bond motifs is 1. The van der Waals surface area contributed by atoms with Crippen LogP contribution >= 0.6 is 0 Å². The smallest absolute Gasteiger partial charge is 0.223 e. The number of anilines is 1. The number of benzene rings is 1. The quantitative estimate of drug-likeness (QED) is 0.466. The minimum absolute atomic E-state index is 0.141. The Morgan fingerprint density at radius 3 is 2.70 bits per heavy atom. The van der Waals surface area contributed by atoms with Crippen LogP contribution in [0.2, 0.25) is 0 Å². The van der Waals surface area contributed by atoms with Crippen LogP contribution in [-0.2, 0) is 17.9 Å². The molecule has 0 spiro atoms. The number of hydrogen-bond acceptors (Lipinski definition) is 5. The first-order valence-electron chi connectivity index (χ1n) is 12.1. The second-order valence-corrected chi connectivity index (χ2v) is 8.96. The molecule has 4 rings (SSSR count). The third kappa shape index (κ3) is 6.06. The lowest BCUT2D eigenvalue weighted by Gasteiger charge is -2.27. The highest BCUT2D eigenvalue weighted by Gasteiger charge is 2.25. The van der Waals surface area contributed by atoms with Gasteiger partial charge in [0.05, 0.1) is 18.1 Å². The Morgan fingerprint density at radius 1 is 1.15 bits per heavy atom. The van der Waals surface area contributed by atoms with Gasteiger partial charge < -0.3 is 10.6 Å². The second kappa shape index (κ2) is 11.2. The molecule has 33 heavy (non-hydrogen) atoms. The summed E-state index contributed by atoms with van der Waals surface area (Å²) in [7, 11) is 0. The van der Waals surface area contributed by atoms with E-state index in [2.05, 4.69) is 32.6 Å². The molecule has 1 aliphatic carbocycles. The minimum Gasteiger partial charge on any atom is -0.365 e. The van der Waals surface area contributed by atoms with E-state index in [9.17, 15) is 9.18 Å². The zero-order chi connectivity index (χ0) is 23.0. The van der Waals surface area contributed by atoms with Crippen molar-refractivity contribution in [2.75, 3.05) is 11.9 Å². The molecule has 176 valence electrons. The summed E-state index contributed by atoms with van der Waals surface area (Å²) in [5.41, 5.74) is 1.68. The predicted molar refractivity (Wildman–Crippen MR) is 127 cm³/mol. The second-order valence-electron chi connectivity index (χ2n) is 8.96. The normalized spacial score (nSPS) is 18.4. The number of carbonyl (C=O) groups excluding carboxylic acids is 1. The van der Waals surface area contributed by atoms with Crippen LogP contribution in [0.4, 0.5) is 10.2 Å². The first kappa shape index (κ1) is 23.1. The summed E-state index contributed by atoms with van der Waals surface area (Å²) < 4.78 is 14.9. The van der Waals surface area contributed by atoms with Crippen molar-refractivity contribution in [1.82, 2.24) is 25.1 Å². The number of carbonyl (C=O) groups is 1. The number of amides is 1. The first-order valence-corrected chi connectivity index (χ1v) is 12.1. The Balaban J connectivity index is 1.27. The van der Waals surface area contributed by atoms with Gasteiger partial charge in [0.1, 0.15) is 18.0 Å². The van der Waals surface area contributed by atoms with Gasteiger partial charge in [-0.2, -0.15) is 5.10 Å². The first-order chi connectivity index (χ1) is 16.1. The lowest BCUT2D eigenvalue weighted by atomic mass is 9.79. The van der Waals surface area contributed by atoms with E-state index in [0.717, 1.165) is 35.4 Å². The fourth-order valence-electron chi connectivity index (χ4n) is 4.62.